The van der Waals surface area contributed by atoms with Crippen LogP contribution in [-0.4, -0.2) is 243 Å². The van der Waals surface area contributed by atoms with E-state index in [-0.39, 0.29) is 215 Å². The van der Waals surface area contributed by atoms with Crippen LogP contribution in [0, 0.1) is 23.7 Å². The summed E-state index contributed by atoms with van der Waals surface area (Å²) >= 11 is 0. The molecule has 0 bridgehead atoms. The zero-order valence-electron chi connectivity index (χ0n) is 65.1. The molecule has 0 spiro atoms. The standard InChI is InChI=1S/2C19H33NO8.2C18H31NO7/c2*1-3-6-17(24)27-10-5-8-16(23)15(9-11-28-18(25)7-4-2)19(26)20-14(12-21)13-22;2*1-3-6-16(22)25-12-5-8-15(21)14(18(24)19-10-11-20)9-13-26-17(23)7-4-2/h2*14-15,21-22H,3-13H2,1-2H3,(H,20,26);2*14,20H,3-13H2,1-2H3,(H,19,24). The Morgan fingerprint density at radius 2 is 0.426 bits per heavy atom. The van der Waals surface area contributed by atoms with Crippen molar-refractivity contribution in [2.75, 3.05) is 106 Å². The van der Waals surface area contributed by atoms with Crippen molar-refractivity contribution in [1.29, 1.82) is 0 Å². The number of hydrogen-bond donors (Lipinski definition) is 10. The molecule has 0 aromatic rings. The number of esters is 8. The van der Waals surface area contributed by atoms with Gasteiger partial charge in [0.15, 0.2) is 0 Å². The Kier molecular flexibility index (Phi) is 72.2. The van der Waals surface area contributed by atoms with Gasteiger partial charge in [-0.2, -0.15) is 0 Å². The molecular weight excluding hydrogens is 1420 g/mol. The Bertz CT molecular complexity index is 2390. The molecule has 0 aliphatic carbocycles. The number of aliphatic hydroxyl groups is 6. The van der Waals surface area contributed by atoms with Crippen molar-refractivity contribution in [1.82, 2.24) is 21.3 Å². The second-order valence-electron chi connectivity index (χ2n) is 24.6. The predicted octanol–water partition coefficient (Wildman–Crippen LogP) is 3.27. The Labute approximate surface area is 635 Å². The van der Waals surface area contributed by atoms with E-state index in [1.807, 2.05) is 55.4 Å². The van der Waals surface area contributed by atoms with Gasteiger partial charge in [-0.3, -0.25) is 76.7 Å². The van der Waals surface area contributed by atoms with Gasteiger partial charge >= 0.3 is 47.8 Å². The van der Waals surface area contributed by atoms with E-state index in [1.165, 1.54) is 0 Å². The molecule has 108 heavy (non-hydrogen) atoms. The van der Waals surface area contributed by atoms with Crippen LogP contribution in [0.4, 0.5) is 0 Å². The highest BCUT2D eigenvalue weighted by atomic mass is 16.6. The molecule has 0 aliphatic rings. The molecule has 4 atom stereocenters. The normalized spacial score (nSPS) is 11.6. The molecule has 4 amide bonds. The van der Waals surface area contributed by atoms with Gasteiger partial charge in [-0.1, -0.05) is 55.4 Å². The van der Waals surface area contributed by atoms with Gasteiger partial charge < -0.3 is 89.8 Å². The minimum Gasteiger partial charge on any atom is -0.466 e. The van der Waals surface area contributed by atoms with E-state index < -0.39 is 97.8 Å². The molecule has 0 fully saturated rings. The summed E-state index contributed by atoms with van der Waals surface area (Å²) in [5.41, 5.74) is 0. The highest BCUT2D eigenvalue weighted by Crippen LogP contribution is 2.16. The average Bonchev–Trinajstić information content (AvgIpc) is 0.881. The van der Waals surface area contributed by atoms with Crippen molar-refractivity contribution in [3.8, 4) is 0 Å². The van der Waals surface area contributed by atoms with E-state index in [4.69, 9.17) is 68.5 Å². The summed E-state index contributed by atoms with van der Waals surface area (Å²) in [7, 11) is 0. The molecule has 624 valence electrons. The van der Waals surface area contributed by atoms with Crippen molar-refractivity contribution in [2.24, 2.45) is 23.7 Å². The summed E-state index contributed by atoms with van der Waals surface area (Å²) in [4.78, 5) is 189. The third kappa shape index (κ3) is 60.0. The number of ether oxygens (including phenoxy) is 8. The molecule has 0 saturated heterocycles. The van der Waals surface area contributed by atoms with Crippen molar-refractivity contribution in [2.45, 2.75) is 247 Å². The summed E-state index contributed by atoms with van der Waals surface area (Å²) < 4.78 is 40.0. The molecule has 0 rings (SSSR count). The number of ketones is 4. The fraction of sp³-hybridized carbons (Fsp3) is 0.784. The maximum atomic E-state index is 12.4. The van der Waals surface area contributed by atoms with Crippen LogP contribution in [0.5, 0.6) is 0 Å². The summed E-state index contributed by atoms with van der Waals surface area (Å²) in [6, 6.07) is -1.75. The molecule has 0 aliphatic heterocycles. The molecule has 0 heterocycles. The average molecular weight is 1550 g/mol. The number of nitrogens with one attached hydrogen (secondary N) is 4. The lowest BCUT2D eigenvalue weighted by Gasteiger charge is -2.19. The monoisotopic (exact) mass is 1550 g/mol. The van der Waals surface area contributed by atoms with E-state index in [0.717, 1.165) is 0 Å². The first-order valence-electron chi connectivity index (χ1n) is 37.9. The number of rotatable bonds is 62. The lowest BCUT2D eigenvalue weighted by Crippen LogP contribution is -2.45. The number of carbonyl (C=O) groups excluding carboxylic acids is 16. The highest BCUT2D eigenvalue weighted by Gasteiger charge is 2.31. The summed E-state index contributed by atoms with van der Waals surface area (Å²) in [6.07, 6.45) is 9.29. The summed E-state index contributed by atoms with van der Waals surface area (Å²) in [5.74, 6) is -10.6. The number of hydrogen-bond acceptors (Lipinski definition) is 30. The van der Waals surface area contributed by atoms with Gasteiger partial charge in [0.1, 0.15) is 23.1 Å². The van der Waals surface area contributed by atoms with Crippen LogP contribution >= 0.6 is 0 Å². The van der Waals surface area contributed by atoms with Gasteiger partial charge in [-0.15, -0.1) is 0 Å². The first-order valence-corrected chi connectivity index (χ1v) is 37.9. The minimum absolute atomic E-state index is 0.000674. The van der Waals surface area contributed by atoms with Gasteiger partial charge in [-0.25, -0.2) is 0 Å². The second-order valence-corrected chi connectivity index (χ2v) is 24.6. The number of Topliss-reactive ketones (excluding diaryl/α,β-unsaturated/α-hetero) is 4. The van der Waals surface area contributed by atoms with Crippen LogP contribution in [-0.2, 0) is 115 Å². The zero-order chi connectivity index (χ0) is 82.3. The van der Waals surface area contributed by atoms with Crippen LogP contribution in [0.1, 0.15) is 235 Å². The van der Waals surface area contributed by atoms with Crippen molar-refractivity contribution in [3.05, 3.63) is 0 Å². The topological polar surface area (TPSA) is 516 Å². The van der Waals surface area contributed by atoms with E-state index in [2.05, 4.69) is 21.3 Å². The summed E-state index contributed by atoms with van der Waals surface area (Å²) in [6.45, 7) is 12.8. The first kappa shape index (κ1) is 106. The second kappa shape index (κ2) is 73.2. The number of carbonyl (C=O) groups is 16. The lowest BCUT2D eigenvalue weighted by atomic mass is 9.95. The van der Waals surface area contributed by atoms with Crippen LogP contribution in [0.15, 0.2) is 0 Å². The molecule has 0 saturated carbocycles. The van der Waals surface area contributed by atoms with Crippen molar-refractivity contribution >= 4 is 94.5 Å². The van der Waals surface area contributed by atoms with E-state index in [1.54, 1.807) is 0 Å². The van der Waals surface area contributed by atoms with Crippen LogP contribution < -0.4 is 21.3 Å². The van der Waals surface area contributed by atoms with E-state index in [0.29, 0.717) is 103 Å². The zero-order valence-corrected chi connectivity index (χ0v) is 65.1. The Balaban J connectivity index is -0.000000668. The Hall–Kier alpha value is -7.92. The van der Waals surface area contributed by atoms with Gasteiger partial charge in [-0.05, 0) is 77.0 Å². The SMILES string of the molecule is CCCC(=O)OCCCC(=O)C(CCOC(=O)CCC)C(=O)NC(CO)CO.CCCC(=O)OCCCC(=O)C(CCOC(=O)CCC)C(=O)NC(CO)CO.CCCC(=O)OCCCC(=O)C(CCOC(=O)CCC)C(=O)NCCO.CCCC(=O)OCCCC(=O)C(CCOC(=O)CCC)C(=O)NCCO. The van der Waals surface area contributed by atoms with Crippen LogP contribution in [0.3, 0.4) is 0 Å². The maximum Gasteiger partial charge on any atom is 0.305 e. The molecule has 34 nitrogen and oxygen atoms in total. The predicted molar refractivity (Wildman–Crippen MR) is 389 cm³/mol. The number of aliphatic hydroxyl groups excluding tert-OH is 6. The maximum absolute atomic E-state index is 12.4. The molecule has 0 aromatic carbocycles. The quantitative estimate of drug-likeness (QED) is 0.0181. The minimum atomic E-state index is -1.08. The van der Waals surface area contributed by atoms with Gasteiger partial charge in [0.2, 0.25) is 23.6 Å². The van der Waals surface area contributed by atoms with Crippen LogP contribution in [0.2, 0.25) is 0 Å². The van der Waals surface area contributed by atoms with Crippen LogP contribution in [0.25, 0.3) is 0 Å². The van der Waals surface area contributed by atoms with E-state index in [9.17, 15) is 76.7 Å². The Morgan fingerprint density at radius 3 is 0.593 bits per heavy atom. The largest absolute Gasteiger partial charge is 0.466 e. The van der Waals surface area contributed by atoms with Crippen molar-refractivity contribution in [3.63, 3.8) is 0 Å². The smallest absolute Gasteiger partial charge is 0.305 e. The molecule has 10 N–H and O–H groups in total. The van der Waals surface area contributed by atoms with Gasteiger partial charge in [0, 0.05) is 116 Å². The lowest BCUT2D eigenvalue weighted by molar-refractivity contribution is -0.147. The molecule has 4 unspecified atom stereocenters. The first-order chi connectivity index (χ1) is 51.7. The summed E-state index contributed by atoms with van der Waals surface area (Å²) in [5, 5.41) is 63.7. The third-order valence-corrected chi connectivity index (χ3v) is 14.9. The van der Waals surface area contributed by atoms with Crippen molar-refractivity contribution < 1.29 is 145 Å². The molecule has 0 aromatic heterocycles. The van der Waals surface area contributed by atoms with Gasteiger partial charge in [0.25, 0.3) is 0 Å². The molecule has 0 radical (unpaired) electrons. The van der Waals surface area contributed by atoms with E-state index >= 15 is 0 Å². The Morgan fingerprint density at radius 1 is 0.250 bits per heavy atom. The fourth-order valence-corrected chi connectivity index (χ4v) is 9.06. The number of amides is 4. The fourth-order valence-electron chi connectivity index (χ4n) is 9.06. The van der Waals surface area contributed by atoms with Gasteiger partial charge in [0.05, 0.1) is 128 Å². The molecular formula is C74H128N4O30. The third-order valence-electron chi connectivity index (χ3n) is 14.9. The highest BCUT2D eigenvalue weighted by molar-refractivity contribution is 6.03. The molecule has 34 heteroatoms.